The summed E-state index contributed by atoms with van der Waals surface area (Å²) in [5.41, 5.74) is 0.617. The molecule has 0 aliphatic rings. The molecule has 1 atom stereocenters. The number of thioether (sulfide) groups is 1. The summed E-state index contributed by atoms with van der Waals surface area (Å²) in [5, 5.41) is -0.470. The number of furan rings is 1. The molecule has 0 N–H and O–H groups in total. The Morgan fingerprint density at radius 3 is 2.50 bits per heavy atom. The van der Waals surface area contributed by atoms with Gasteiger partial charge in [0.2, 0.25) is 10.9 Å². The molecule has 2 rings (SSSR count). The highest BCUT2D eigenvalue weighted by molar-refractivity contribution is 8.15. The van der Waals surface area contributed by atoms with Gasteiger partial charge in [0.15, 0.2) is 5.76 Å². The molecule has 1 unspecified atom stereocenters. The molecule has 0 fully saturated rings. The first-order valence-corrected chi connectivity index (χ1v) is 7.44. The third-order valence-corrected chi connectivity index (χ3v) is 4.05. The van der Waals surface area contributed by atoms with Crippen LogP contribution in [0, 0.1) is 0 Å². The van der Waals surface area contributed by atoms with Crippen LogP contribution in [0.25, 0.3) is 0 Å². The van der Waals surface area contributed by atoms with E-state index < -0.39 is 0 Å². The third kappa shape index (κ3) is 3.61. The molecule has 0 saturated carbocycles. The van der Waals surface area contributed by atoms with Crippen LogP contribution < -0.4 is 0 Å². The molecule has 0 bridgehead atoms. The van der Waals surface area contributed by atoms with Crippen LogP contribution in [0.15, 0.2) is 53.1 Å². The number of carbonyl (C=O) groups excluding carboxylic acids is 2. The monoisotopic (exact) mass is 288 g/mol. The zero-order chi connectivity index (χ0) is 14.4. The molecule has 1 aromatic carbocycles. The van der Waals surface area contributed by atoms with Crippen molar-refractivity contribution in [2.45, 2.75) is 25.0 Å². The Morgan fingerprint density at radius 2 is 1.90 bits per heavy atom. The van der Waals surface area contributed by atoms with Gasteiger partial charge in [0.1, 0.15) is 0 Å². The highest BCUT2D eigenvalue weighted by Crippen LogP contribution is 2.25. The van der Waals surface area contributed by atoms with E-state index in [0.29, 0.717) is 17.7 Å². The molecule has 4 heteroatoms. The van der Waals surface area contributed by atoms with Crippen molar-refractivity contribution in [3.8, 4) is 0 Å². The maximum Gasteiger partial charge on any atom is 0.220 e. The van der Waals surface area contributed by atoms with Crippen LogP contribution in [0.2, 0.25) is 0 Å². The molecule has 0 aliphatic carbocycles. The molecular formula is C16H16O3S. The van der Waals surface area contributed by atoms with E-state index in [-0.39, 0.29) is 16.1 Å². The van der Waals surface area contributed by atoms with Crippen molar-refractivity contribution in [3.05, 3.63) is 60.1 Å². The van der Waals surface area contributed by atoms with Crippen molar-refractivity contribution in [2.75, 3.05) is 0 Å². The second kappa shape index (κ2) is 7.10. The van der Waals surface area contributed by atoms with Crippen molar-refractivity contribution in [1.29, 1.82) is 0 Å². The molecule has 20 heavy (non-hydrogen) atoms. The predicted molar refractivity (Wildman–Crippen MR) is 80.1 cm³/mol. The number of benzene rings is 1. The van der Waals surface area contributed by atoms with Crippen LogP contribution >= 0.6 is 11.8 Å². The fourth-order valence-electron chi connectivity index (χ4n) is 1.85. The fraction of sp³-hybridized carbons (Fsp3) is 0.250. The third-order valence-electron chi connectivity index (χ3n) is 2.87. The molecular weight excluding hydrogens is 272 g/mol. The van der Waals surface area contributed by atoms with Crippen LogP contribution in [-0.2, 0) is 0 Å². The summed E-state index contributed by atoms with van der Waals surface area (Å²) in [6, 6.07) is 12.3. The molecule has 1 heterocycles. The van der Waals surface area contributed by atoms with Gasteiger partial charge < -0.3 is 4.42 Å². The fourth-order valence-corrected chi connectivity index (χ4v) is 2.96. The van der Waals surface area contributed by atoms with Gasteiger partial charge in [-0.25, -0.2) is 0 Å². The van der Waals surface area contributed by atoms with E-state index in [2.05, 4.69) is 0 Å². The molecule has 3 nitrogen and oxygen atoms in total. The maximum absolute atomic E-state index is 12.3. The first-order valence-electron chi connectivity index (χ1n) is 6.56. The van der Waals surface area contributed by atoms with E-state index in [1.165, 1.54) is 6.26 Å². The van der Waals surface area contributed by atoms with Crippen molar-refractivity contribution >= 4 is 22.7 Å². The average Bonchev–Trinajstić information content (AvgIpc) is 3.01. The molecule has 0 aliphatic heterocycles. The van der Waals surface area contributed by atoms with Crippen molar-refractivity contribution in [1.82, 2.24) is 0 Å². The molecule has 0 spiro atoms. The number of rotatable bonds is 6. The largest absolute Gasteiger partial charge is 0.461 e. The van der Waals surface area contributed by atoms with Crippen LogP contribution in [0.4, 0.5) is 0 Å². The van der Waals surface area contributed by atoms with Crippen molar-refractivity contribution < 1.29 is 14.0 Å². The number of carbonyl (C=O) groups is 2. The summed E-state index contributed by atoms with van der Waals surface area (Å²) < 4.78 is 5.14. The smallest absolute Gasteiger partial charge is 0.220 e. The van der Waals surface area contributed by atoms with Crippen LogP contribution in [0.3, 0.4) is 0 Å². The summed E-state index contributed by atoms with van der Waals surface area (Å²) in [5.74, 6) is 0.197. The molecule has 104 valence electrons. The van der Waals surface area contributed by atoms with Crippen LogP contribution in [-0.4, -0.2) is 16.1 Å². The van der Waals surface area contributed by atoms with E-state index in [4.69, 9.17) is 4.42 Å². The molecule has 0 radical (unpaired) electrons. The van der Waals surface area contributed by atoms with E-state index in [9.17, 15) is 9.59 Å². The molecule has 0 amide bonds. The average molecular weight is 288 g/mol. The molecule has 0 saturated heterocycles. The standard InChI is InChI=1S/C16H16O3S/c1-2-7-14(15(17)13-10-6-11-19-13)20-16(18)12-8-4-3-5-9-12/h3-6,8-11,14H,2,7H2,1H3. The van der Waals surface area contributed by atoms with Crippen LogP contribution in [0.5, 0.6) is 0 Å². The lowest BCUT2D eigenvalue weighted by Crippen LogP contribution is -2.19. The van der Waals surface area contributed by atoms with Crippen molar-refractivity contribution in [3.63, 3.8) is 0 Å². The van der Waals surface area contributed by atoms with Gasteiger partial charge in [-0.05, 0) is 18.6 Å². The minimum absolute atomic E-state index is 0.0797. The highest BCUT2D eigenvalue weighted by atomic mass is 32.2. The summed E-state index contributed by atoms with van der Waals surface area (Å²) >= 11 is 1.08. The van der Waals surface area contributed by atoms with E-state index in [1.807, 2.05) is 25.1 Å². The molecule has 1 aromatic heterocycles. The van der Waals surface area contributed by atoms with Gasteiger partial charge in [-0.2, -0.15) is 0 Å². The Hall–Kier alpha value is -1.81. The summed E-state index contributed by atoms with van der Waals surface area (Å²) in [7, 11) is 0. The lowest BCUT2D eigenvalue weighted by molar-refractivity contribution is 0.0955. The van der Waals surface area contributed by atoms with Gasteiger partial charge in [0.25, 0.3) is 0 Å². The van der Waals surface area contributed by atoms with Gasteiger partial charge in [0.05, 0.1) is 11.5 Å². The minimum atomic E-state index is -0.390. The Balaban J connectivity index is 2.10. The Bertz CT molecular complexity index is 561. The van der Waals surface area contributed by atoms with Gasteiger partial charge in [-0.15, -0.1) is 0 Å². The highest BCUT2D eigenvalue weighted by Gasteiger charge is 2.25. The molecule has 2 aromatic rings. The second-order valence-corrected chi connectivity index (χ2v) is 5.57. The van der Waals surface area contributed by atoms with Crippen LogP contribution in [0.1, 0.15) is 40.7 Å². The van der Waals surface area contributed by atoms with Gasteiger partial charge in [0, 0.05) is 5.56 Å². The topological polar surface area (TPSA) is 47.3 Å². The first kappa shape index (κ1) is 14.6. The summed E-state index contributed by atoms with van der Waals surface area (Å²) in [4.78, 5) is 24.5. The number of Topliss-reactive ketones (excluding diaryl/α,β-unsaturated/α-hetero) is 1. The normalized spacial score (nSPS) is 12.1. The Morgan fingerprint density at radius 1 is 1.15 bits per heavy atom. The first-order chi connectivity index (χ1) is 9.72. The Kier molecular flexibility index (Phi) is 5.18. The van der Waals surface area contributed by atoms with Crippen molar-refractivity contribution in [2.24, 2.45) is 0 Å². The van der Waals surface area contributed by atoms with E-state index >= 15 is 0 Å². The number of ketones is 1. The lowest BCUT2D eigenvalue weighted by Gasteiger charge is -2.12. The summed E-state index contributed by atoms with van der Waals surface area (Å²) in [6.45, 7) is 2.00. The minimum Gasteiger partial charge on any atom is -0.461 e. The SMILES string of the molecule is CCCC(SC(=O)c1ccccc1)C(=O)c1ccco1. The van der Waals surface area contributed by atoms with Gasteiger partial charge in [-0.1, -0.05) is 55.4 Å². The maximum atomic E-state index is 12.3. The zero-order valence-corrected chi connectivity index (χ0v) is 12.1. The Labute approximate surface area is 122 Å². The number of hydrogen-bond acceptors (Lipinski definition) is 4. The van der Waals surface area contributed by atoms with Gasteiger partial charge in [-0.3, -0.25) is 9.59 Å². The second-order valence-electron chi connectivity index (χ2n) is 4.39. The predicted octanol–water partition coefficient (Wildman–Crippen LogP) is 4.20. The van der Waals surface area contributed by atoms with E-state index in [0.717, 1.165) is 18.2 Å². The van der Waals surface area contributed by atoms with E-state index in [1.54, 1.807) is 24.3 Å². The van der Waals surface area contributed by atoms with Gasteiger partial charge >= 0.3 is 0 Å². The quantitative estimate of drug-likeness (QED) is 0.747. The number of hydrogen-bond donors (Lipinski definition) is 0. The zero-order valence-electron chi connectivity index (χ0n) is 11.2. The lowest BCUT2D eigenvalue weighted by atomic mass is 10.1. The summed E-state index contributed by atoms with van der Waals surface area (Å²) in [6.07, 6.45) is 2.97.